The Morgan fingerprint density at radius 2 is 1.09 bits per heavy atom. The number of aliphatic hydroxyl groups excluding tert-OH is 2. The van der Waals surface area contributed by atoms with Gasteiger partial charge in [-0.25, -0.2) is 0 Å². The van der Waals surface area contributed by atoms with Gasteiger partial charge in [-0.3, -0.25) is 0 Å². The molecule has 0 spiro atoms. The summed E-state index contributed by atoms with van der Waals surface area (Å²) in [6.07, 6.45) is 5.00. The Labute approximate surface area is 205 Å². The molecule has 2 aromatic rings. The van der Waals surface area contributed by atoms with E-state index in [1.54, 1.807) is 0 Å². The lowest BCUT2D eigenvalue weighted by molar-refractivity contribution is 0.288. The number of phenolic OH excluding ortho intramolecular Hbond substituents is 2. The smallest absolute Gasteiger partial charge is 0.123 e. The minimum atomic E-state index is -0.232. The first kappa shape index (κ1) is 26.6. The van der Waals surface area contributed by atoms with Crippen molar-refractivity contribution in [1.29, 1.82) is 0 Å². The molecule has 0 heterocycles. The SMILES string of the molecule is CC(C)(C)c1cc(CCCO)cc(C(c2cc(CCCO)cc(C(C)(C)C)c2O)C2CC2)c1O. The quantitative estimate of drug-likeness (QED) is 0.359. The third-order valence-corrected chi connectivity index (χ3v) is 7.03. The predicted molar refractivity (Wildman–Crippen MR) is 139 cm³/mol. The number of hydrogen-bond acceptors (Lipinski definition) is 4. The molecule has 1 aliphatic rings. The lowest BCUT2D eigenvalue weighted by Gasteiger charge is -2.29. The number of aryl methyl sites for hydroxylation is 2. The van der Waals surface area contributed by atoms with E-state index in [0.29, 0.717) is 30.3 Å². The lowest BCUT2D eigenvalue weighted by Crippen LogP contribution is -2.17. The normalized spacial score (nSPS) is 14.7. The third-order valence-electron chi connectivity index (χ3n) is 7.03. The fraction of sp³-hybridized carbons (Fsp3) is 0.600. The van der Waals surface area contributed by atoms with Crippen LogP contribution in [0.5, 0.6) is 11.5 Å². The van der Waals surface area contributed by atoms with E-state index in [-0.39, 0.29) is 30.0 Å². The molecule has 0 saturated heterocycles. The van der Waals surface area contributed by atoms with Crippen molar-refractivity contribution in [3.05, 3.63) is 57.6 Å². The van der Waals surface area contributed by atoms with Crippen molar-refractivity contribution in [2.45, 2.75) is 96.8 Å². The molecule has 0 bridgehead atoms. The number of benzene rings is 2. The maximum Gasteiger partial charge on any atom is 0.123 e. The van der Waals surface area contributed by atoms with Gasteiger partial charge < -0.3 is 20.4 Å². The van der Waals surface area contributed by atoms with Crippen LogP contribution in [0.15, 0.2) is 24.3 Å². The van der Waals surface area contributed by atoms with Crippen LogP contribution >= 0.6 is 0 Å². The summed E-state index contributed by atoms with van der Waals surface area (Å²) in [6, 6.07) is 8.35. The molecule has 0 aromatic heterocycles. The Morgan fingerprint density at radius 1 is 0.706 bits per heavy atom. The molecule has 0 aliphatic heterocycles. The number of rotatable bonds is 9. The van der Waals surface area contributed by atoms with E-state index in [0.717, 1.165) is 59.1 Å². The molecule has 1 fully saturated rings. The monoisotopic (exact) mass is 468 g/mol. The van der Waals surface area contributed by atoms with Gasteiger partial charge in [0.1, 0.15) is 11.5 Å². The van der Waals surface area contributed by atoms with Crippen LogP contribution in [-0.4, -0.2) is 33.6 Å². The maximum absolute atomic E-state index is 11.5. The van der Waals surface area contributed by atoms with Crippen LogP contribution in [0.3, 0.4) is 0 Å². The van der Waals surface area contributed by atoms with Crippen molar-refractivity contribution in [1.82, 2.24) is 0 Å². The Bertz CT molecular complexity index is 915. The highest BCUT2D eigenvalue weighted by atomic mass is 16.3. The van der Waals surface area contributed by atoms with Gasteiger partial charge in [-0.05, 0) is 77.5 Å². The average Bonchev–Trinajstić information content (AvgIpc) is 3.57. The summed E-state index contributed by atoms with van der Waals surface area (Å²) in [4.78, 5) is 0. The predicted octanol–water partition coefficient (Wildman–Crippen LogP) is 6.08. The molecule has 0 unspecified atom stereocenters. The molecular weight excluding hydrogens is 424 g/mol. The van der Waals surface area contributed by atoms with Crippen molar-refractivity contribution < 1.29 is 20.4 Å². The Balaban J connectivity index is 2.25. The van der Waals surface area contributed by atoms with E-state index in [1.807, 2.05) is 0 Å². The van der Waals surface area contributed by atoms with Gasteiger partial charge in [0.2, 0.25) is 0 Å². The van der Waals surface area contributed by atoms with E-state index in [1.165, 1.54) is 0 Å². The molecule has 4 N–H and O–H groups in total. The molecule has 0 atom stereocenters. The van der Waals surface area contributed by atoms with Gasteiger partial charge in [0, 0.05) is 30.3 Å². The number of hydrogen-bond donors (Lipinski definition) is 4. The molecule has 1 saturated carbocycles. The zero-order valence-corrected chi connectivity index (χ0v) is 21.9. The molecule has 3 rings (SSSR count). The molecule has 2 aromatic carbocycles. The summed E-state index contributed by atoms with van der Waals surface area (Å²) in [6.45, 7) is 12.9. The van der Waals surface area contributed by atoms with Gasteiger partial charge in [-0.15, -0.1) is 0 Å². The minimum absolute atomic E-state index is 0.0923. The van der Waals surface area contributed by atoms with Gasteiger partial charge >= 0.3 is 0 Å². The Kier molecular flexibility index (Phi) is 8.04. The second-order valence-electron chi connectivity index (χ2n) is 12.1. The zero-order valence-electron chi connectivity index (χ0n) is 21.9. The second kappa shape index (κ2) is 10.3. The fourth-order valence-corrected chi connectivity index (χ4v) is 5.02. The van der Waals surface area contributed by atoms with Gasteiger partial charge in [-0.2, -0.15) is 0 Å². The molecule has 4 nitrogen and oxygen atoms in total. The van der Waals surface area contributed by atoms with E-state index in [2.05, 4.69) is 65.8 Å². The van der Waals surface area contributed by atoms with Gasteiger partial charge in [0.15, 0.2) is 0 Å². The van der Waals surface area contributed by atoms with Crippen molar-refractivity contribution in [2.24, 2.45) is 5.92 Å². The maximum atomic E-state index is 11.5. The van der Waals surface area contributed by atoms with Crippen molar-refractivity contribution in [3.8, 4) is 11.5 Å². The van der Waals surface area contributed by atoms with Gasteiger partial charge in [0.05, 0.1) is 0 Å². The van der Waals surface area contributed by atoms with E-state index < -0.39 is 0 Å². The summed E-state index contributed by atoms with van der Waals surface area (Å²) in [5.74, 6) is 0.938. The number of aliphatic hydroxyl groups is 2. The fourth-order valence-electron chi connectivity index (χ4n) is 5.02. The Hall–Kier alpha value is -2.04. The summed E-state index contributed by atoms with van der Waals surface area (Å²) in [7, 11) is 0. The molecule has 0 radical (unpaired) electrons. The van der Waals surface area contributed by atoms with Gasteiger partial charge in [-0.1, -0.05) is 65.8 Å². The molecular formula is C30H44O4. The minimum Gasteiger partial charge on any atom is -0.507 e. The van der Waals surface area contributed by atoms with Crippen LogP contribution in [0, 0.1) is 5.92 Å². The van der Waals surface area contributed by atoms with E-state index in [4.69, 9.17) is 0 Å². The van der Waals surface area contributed by atoms with Gasteiger partial charge in [0.25, 0.3) is 0 Å². The number of phenols is 2. The Morgan fingerprint density at radius 3 is 1.38 bits per heavy atom. The van der Waals surface area contributed by atoms with E-state index >= 15 is 0 Å². The highest BCUT2D eigenvalue weighted by Crippen LogP contribution is 2.53. The first-order valence-corrected chi connectivity index (χ1v) is 12.8. The van der Waals surface area contributed by atoms with Crippen LogP contribution in [0.1, 0.15) is 107 Å². The van der Waals surface area contributed by atoms with Crippen LogP contribution < -0.4 is 0 Å². The largest absolute Gasteiger partial charge is 0.507 e. The van der Waals surface area contributed by atoms with Crippen molar-refractivity contribution in [3.63, 3.8) is 0 Å². The molecule has 1 aliphatic carbocycles. The highest BCUT2D eigenvalue weighted by Gasteiger charge is 2.39. The summed E-state index contributed by atoms with van der Waals surface area (Å²) < 4.78 is 0. The molecule has 4 heteroatoms. The standard InChI is InChI=1S/C30H44O4/c1-29(2,3)24-17-19(9-7-13-31)15-22(27(24)33)26(21-11-12-21)23-16-20(10-8-14-32)18-25(28(23)34)30(4,5)6/h15-18,21,26,31-34H,7-14H2,1-6H3. The lowest BCUT2D eigenvalue weighted by atomic mass is 9.76. The van der Waals surface area contributed by atoms with E-state index in [9.17, 15) is 20.4 Å². The summed E-state index contributed by atoms with van der Waals surface area (Å²) in [5, 5.41) is 41.9. The highest BCUT2D eigenvalue weighted by molar-refractivity contribution is 5.57. The van der Waals surface area contributed by atoms with Crippen LogP contribution in [0.2, 0.25) is 0 Å². The summed E-state index contributed by atoms with van der Waals surface area (Å²) in [5.41, 5.74) is 5.36. The zero-order chi connectivity index (χ0) is 25.3. The average molecular weight is 469 g/mol. The van der Waals surface area contributed by atoms with Crippen LogP contribution in [0.4, 0.5) is 0 Å². The third kappa shape index (κ3) is 5.95. The summed E-state index contributed by atoms with van der Waals surface area (Å²) >= 11 is 0. The first-order chi connectivity index (χ1) is 15.9. The topological polar surface area (TPSA) is 80.9 Å². The molecule has 34 heavy (non-hydrogen) atoms. The molecule has 0 amide bonds. The molecule has 188 valence electrons. The van der Waals surface area contributed by atoms with Crippen molar-refractivity contribution in [2.75, 3.05) is 13.2 Å². The van der Waals surface area contributed by atoms with Crippen LogP contribution in [0.25, 0.3) is 0 Å². The first-order valence-electron chi connectivity index (χ1n) is 12.8. The van der Waals surface area contributed by atoms with Crippen molar-refractivity contribution >= 4 is 0 Å². The number of aromatic hydroxyl groups is 2. The van der Waals surface area contributed by atoms with Crippen LogP contribution in [-0.2, 0) is 23.7 Å². The second-order valence-corrected chi connectivity index (χ2v) is 12.1.